The van der Waals surface area contributed by atoms with Crippen LogP contribution in [0, 0.1) is 18.6 Å². The Balaban J connectivity index is 1.81. The van der Waals surface area contributed by atoms with Gasteiger partial charge in [-0.05, 0) is 32.3 Å². The number of aromatic nitrogens is 6. The molecule has 3 atom stereocenters. The molecule has 1 aliphatic rings. The summed E-state index contributed by atoms with van der Waals surface area (Å²) in [5, 5.41) is 8.40. The van der Waals surface area contributed by atoms with Crippen LogP contribution in [0.1, 0.15) is 54.8 Å². The number of halogens is 2. The van der Waals surface area contributed by atoms with E-state index in [0.29, 0.717) is 18.9 Å². The van der Waals surface area contributed by atoms with Crippen molar-refractivity contribution in [2.75, 3.05) is 6.61 Å². The summed E-state index contributed by atoms with van der Waals surface area (Å²) >= 11 is 0. The van der Waals surface area contributed by atoms with E-state index in [1.54, 1.807) is 19.3 Å². The molecule has 0 radical (unpaired) electrons. The predicted octanol–water partition coefficient (Wildman–Crippen LogP) is 1.72. The van der Waals surface area contributed by atoms with Crippen LogP contribution >= 0.6 is 0 Å². The lowest BCUT2D eigenvalue weighted by atomic mass is 9.96. The maximum atomic E-state index is 14.8. The summed E-state index contributed by atoms with van der Waals surface area (Å²) in [6, 6.07) is -0.628. The second-order valence-corrected chi connectivity index (χ2v) is 8.64. The van der Waals surface area contributed by atoms with Gasteiger partial charge in [0, 0.05) is 37.4 Å². The molecule has 10 nitrogen and oxygen atoms in total. The van der Waals surface area contributed by atoms with E-state index in [4.69, 9.17) is 4.74 Å². The fourth-order valence-electron chi connectivity index (χ4n) is 3.85. The Morgan fingerprint density at radius 2 is 1.88 bits per heavy atom. The van der Waals surface area contributed by atoms with Crippen LogP contribution in [0.2, 0.25) is 0 Å². The van der Waals surface area contributed by atoms with E-state index in [0.717, 1.165) is 24.4 Å². The zero-order valence-corrected chi connectivity index (χ0v) is 18.9. The Labute approximate surface area is 190 Å². The Hall–Kier alpha value is -2.90. The molecule has 4 rings (SSSR count). The Bertz CT molecular complexity index is 1170. The van der Waals surface area contributed by atoms with Crippen LogP contribution in [0.3, 0.4) is 0 Å². The minimum absolute atomic E-state index is 0.0569. The zero-order valence-electron chi connectivity index (χ0n) is 18.0. The van der Waals surface area contributed by atoms with Crippen LogP contribution in [0.25, 0.3) is 5.69 Å². The summed E-state index contributed by atoms with van der Waals surface area (Å²) < 4.78 is 61.6. The molecule has 3 aromatic heterocycles. The van der Waals surface area contributed by atoms with Crippen molar-refractivity contribution in [3.63, 3.8) is 0 Å². The molecule has 0 spiro atoms. The number of thiol groups is 1. The lowest BCUT2D eigenvalue weighted by molar-refractivity contribution is 0.103. The summed E-state index contributed by atoms with van der Waals surface area (Å²) in [5.74, 6) is -1.51. The first-order valence-corrected chi connectivity index (χ1v) is 11.6. The van der Waals surface area contributed by atoms with Gasteiger partial charge in [0.15, 0.2) is 17.5 Å². The second-order valence-electron chi connectivity index (χ2n) is 7.87. The SMILES string of the molecule is Cc1cnc([C@H](Cc2nnc([C@H]3CCCO3)n2-c2c(F)cncc2F)[C@@H](C)N[SH](=O)=O)nc1. The van der Waals surface area contributed by atoms with Gasteiger partial charge in [-0.2, -0.15) is 0 Å². The van der Waals surface area contributed by atoms with Crippen molar-refractivity contribution >= 4 is 10.9 Å². The average molecular weight is 480 g/mol. The second kappa shape index (κ2) is 9.93. The highest BCUT2D eigenvalue weighted by Crippen LogP contribution is 2.32. The molecule has 1 aliphatic heterocycles. The smallest absolute Gasteiger partial charge is 0.201 e. The minimum atomic E-state index is -2.90. The number of rotatable bonds is 8. The quantitative estimate of drug-likeness (QED) is 0.468. The maximum absolute atomic E-state index is 14.8. The van der Waals surface area contributed by atoms with Crippen molar-refractivity contribution < 1.29 is 21.9 Å². The van der Waals surface area contributed by atoms with Gasteiger partial charge in [-0.3, -0.25) is 9.55 Å². The van der Waals surface area contributed by atoms with Crippen molar-refractivity contribution in [2.24, 2.45) is 0 Å². The van der Waals surface area contributed by atoms with Gasteiger partial charge in [0.2, 0.25) is 10.9 Å². The van der Waals surface area contributed by atoms with Gasteiger partial charge in [0.25, 0.3) is 0 Å². The molecule has 0 saturated carbocycles. The molecule has 1 N–H and O–H groups in total. The first kappa shape index (κ1) is 23.3. The molecular weight excluding hydrogens is 456 g/mol. The largest absolute Gasteiger partial charge is 0.370 e. The third-order valence-electron chi connectivity index (χ3n) is 5.47. The van der Waals surface area contributed by atoms with Crippen molar-refractivity contribution in [3.8, 4) is 5.69 Å². The van der Waals surface area contributed by atoms with E-state index >= 15 is 0 Å². The average Bonchev–Trinajstić information content (AvgIpc) is 3.42. The number of nitrogens with one attached hydrogen (secondary N) is 1. The Morgan fingerprint density at radius 1 is 1.18 bits per heavy atom. The number of ether oxygens (including phenoxy) is 1. The summed E-state index contributed by atoms with van der Waals surface area (Å²) in [5.41, 5.74) is 0.465. The molecule has 0 bridgehead atoms. The molecule has 33 heavy (non-hydrogen) atoms. The fraction of sp³-hybridized carbons (Fsp3) is 0.450. The molecule has 1 fully saturated rings. The van der Waals surface area contributed by atoms with Crippen molar-refractivity contribution in [3.05, 3.63) is 59.5 Å². The van der Waals surface area contributed by atoms with E-state index in [1.807, 2.05) is 6.92 Å². The van der Waals surface area contributed by atoms with Crippen LogP contribution < -0.4 is 4.72 Å². The number of nitrogens with zero attached hydrogens (tertiary/aromatic N) is 6. The molecule has 3 aromatic rings. The monoisotopic (exact) mass is 479 g/mol. The van der Waals surface area contributed by atoms with E-state index in [9.17, 15) is 17.2 Å². The van der Waals surface area contributed by atoms with Gasteiger partial charge in [-0.25, -0.2) is 31.9 Å². The summed E-state index contributed by atoms with van der Waals surface area (Å²) in [6.07, 6.45) is 6.05. The van der Waals surface area contributed by atoms with E-state index in [-0.39, 0.29) is 23.8 Å². The number of aryl methyl sites for hydroxylation is 1. The lowest BCUT2D eigenvalue weighted by Gasteiger charge is -2.22. The maximum Gasteiger partial charge on any atom is 0.201 e. The van der Waals surface area contributed by atoms with E-state index < -0.39 is 40.6 Å². The zero-order chi connectivity index (χ0) is 23.5. The summed E-state index contributed by atoms with van der Waals surface area (Å²) in [4.78, 5) is 12.2. The molecule has 1 saturated heterocycles. The summed E-state index contributed by atoms with van der Waals surface area (Å²) in [7, 11) is -2.90. The minimum Gasteiger partial charge on any atom is -0.370 e. The molecule has 176 valence electrons. The van der Waals surface area contributed by atoms with Crippen LogP contribution in [-0.2, 0) is 22.0 Å². The highest BCUT2D eigenvalue weighted by atomic mass is 32.2. The first-order valence-electron chi connectivity index (χ1n) is 10.4. The van der Waals surface area contributed by atoms with Crippen LogP contribution in [0.5, 0.6) is 0 Å². The van der Waals surface area contributed by atoms with Gasteiger partial charge in [-0.15, -0.1) is 10.2 Å². The third kappa shape index (κ3) is 5.04. The molecular formula is C20H23F2N7O3S. The number of pyridine rings is 1. The standard InChI is InChI=1S/C20H23F2N7O3S/c1-11-7-24-19(25-8-11)13(12(2)28-33(30)31)6-17-26-27-20(16-4-3-5-32-16)29(17)18-14(21)9-23-10-15(18)22/h7-10,12-13,16,33H,3-6H2,1-2H3,(H,28,30,31)/t12-,13-,16-/m1/s1. The number of hydrogen-bond donors (Lipinski definition) is 2. The highest BCUT2D eigenvalue weighted by molar-refractivity contribution is 7.70. The molecule has 0 aromatic carbocycles. The van der Waals surface area contributed by atoms with Gasteiger partial charge >= 0.3 is 0 Å². The van der Waals surface area contributed by atoms with Crippen molar-refractivity contribution in [1.29, 1.82) is 0 Å². The fourth-order valence-corrected chi connectivity index (χ4v) is 4.37. The topological polar surface area (TPSA) is 125 Å². The Kier molecular flexibility index (Phi) is 7.00. The van der Waals surface area contributed by atoms with Crippen LogP contribution in [-0.4, -0.2) is 50.8 Å². The van der Waals surface area contributed by atoms with Crippen LogP contribution in [0.15, 0.2) is 24.8 Å². The van der Waals surface area contributed by atoms with Crippen LogP contribution in [0.4, 0.5) is 8.78 Å². The van der Waals surface area contributed by atoms with Gasteiger partial charge < -0.3 is 4.74 Å². The molecule has 0 unspecified atom stereocenters. The number of hydrogen-bond acceptors (Lipinski definition) is 8. The lowest BCUT2D eigenvalue weighted by Crippen LogP contribution is -2.34. The van der Waals surface area contributed by atoms with Gasteiger partial charge in [-0.1, -0.05) is 0 Å². The first-order chi connectivity index (χ1) is 15.8. The van der Waals surface area contributed by atoms with E-state index in [2.05, 4.69) is 29.9 Å². The van der Waals surface area contributed by atoms with E-state index in [1.165, 1.54) is 4.57 Å². The molecule has 0 aliphatic carbocycles. The molecule has 0 amide bonds. The van der Waals surface area contributed by atoms with Gasteiger partial charge in [0.1, 0.15) is 23.4 Å². The predicted molar refractivity (Wildman–Crippen MR) is 113 cm³/mol. The summed E-state index contributed by atoms with van der Waals surface area (Å²) in [6.45, 7) is 3.99. The highest BCUT2D eigenvalue weighted by Gasteiger charge is 2.32. The van der Waals surface area contributed by atoms with Gasteiger partial charge in [0.05, 0.1) is 12.4 Å². The molecule has 13 heteroatoms. The Morgan fingerprint density at radius 3 is 2.48 bits per heavy atom. The van der Waals surface area contributed by atoms with Crippen molar-refractivity contribution in [2.45, 2.75) is 51.2 Å². The van der Waals surface area contributed by atoms with Crippen molar-refractivity contribution in [1.82, 2.24) is 34.4 Å². The normalized spacial score (nSPS) is 18.0. The third-order valence-corrected chi connectivity index (χ3v) is 6.09. The molecule has 4 heterocycles.